The lowest BCUT2D eigenvalue weighted by Crippen LogP contribution is -2.14. The van der Waals surface area contributed by atoms with Gasteiger partial charge in [0.1, 0.15) is 0 Å². The minimum absolute atomic E-state index is 0.144. The number of amides is 1. The van der Waals surface area contributed by atoms with E-state index in [4.69, 9.17) is 27.6 Å². The Kier molecular flexibility index (Phi) is 7.19. The van der Waals surface area contributed by atoms with Gasteiger partial charge in [-0.2, -0.15) is 0 Å². The van der Waals surface area contributed by atoms with Gasteiger partial charge in [0.05, 0.1) is 22.1 Å². The quantitative estimate of drug-likeness (QED) is 0.222. The number of benzene rings is 2. The lowest BCUT2D eigenvalue weighted by atomic mass is 10.1. The van der Waals surface area contributed by atoms with E-state index in [0.29, 0.717) is 38.3 Å². The third kappa shape index (κ3) is 5.59. The third-order valence-corrected chi connectivity index (χ3v) is 7.46. The summed E-state index contributed by atoms with van der Waals surface area (Å²) in [7, 11) is 0. The number of hydrogen-bond donors (Lipinski definition) is 1. The number of nitrogens with one attached hydrogen (secondary N) is 1. The highest BCUT2D eigenvalue weighted by molar-refractivity contribution is 7.99. The fourth-order valence-corrected chi connectivity index (χ4v) is 5.26. The van der Waals surface area contributed by atoms with Gasteiger partial charge in [0.2, 0.25) is 11.7 Å². The van der Waals surface area contributed by atoms with Crippen LogP contribution in [0.3, 0.4) is 0 Å². The maximum absolute atomic E-state index is 12.6. The van der Waals surface area contributed by atoms with Crippen molar-refractivity contribution in [2.75, 3.05) is 11.1 Å². The first-order valence-corrected chi connectivity index (χ1v) is 13.0. The zero-order valence-electron chi connectivity index (χ0n) is 18.0. The zero-order valence-corrected chi connectivity index (χ0v) is 21.2. The standard InChI is InChI=1S/C24H17Cl2N5O2S2/c25-18-9-8-15(12-19(18)26)11-17-13-27-23(35-17)28-21(32)14-34-24-30-29-22(20-7-4-10-33-20)31(24)16-5-2-1-3-6-16/h1-10,12-13H,11,14H2,(H,27,28,32). The maximum atomic E-state index is 12.6. The highest BCUT2D eigenvalue weighted by Crippen LogP contribution is 2.29. The summed E-state index contributed by atoms with van der Waals surface area (Å²) in [6.07, 6.45) is 3.98. The second kappa shape index (κ2) is 10.7. The van der Waals surface area contributed by atoms with Crippen LogP contribution in [0.15, 0.2) is 82.7 Å². The van der Waals surface area contributed by atoms with Crippen LogP contribution in [0.25, 0.3) is 17.3 Å². The van der Waals surface area contributed by atoms with E-state index >= 15 is 0 Å². The minimum Gasteiger partial charge on any atom is -0.461 e. The number of carbonyl (C=O) groups excluding carboxylic acids is 1. The highest BCUT2D eigenvalue weighted by Gasteiger charge is 2.19. The molecule has 7 nitrogen and oxygen atoms in total. The van der Waals surface area contributed by atoms with Gasteiger partial charge < -0.3 is 9.73 Å². The molecule has 0 radical (unpaired) electrons. The number of aromatic nitrogens is 4. The number of nitrogens with zero attached hydrogens (tertiary/aromatic N) is 4. The Hall–Kier alpha value is -3.11. The molecule has 5 aromatic rings. The number of para-hydroxylation sites is 1. The third-order valence-electron chi connectivity index (χ3n) is 4.88. The average Bonchev–Trinajstić information content (AvgIpc) is 3.62. The molecule has 0 atom stereocenters. The summed E-state index contributed by atoms with van der Waals surface area (Å²) < 4.78 is 7.39. The monoisotopic (exact) mass is 541 g/mol. The molecule has 3 heterocycles. The molecule has 5 rings (SSSR count). The van der Waals surface area contributed by atoms with Gasteiger partial charge in [-0.15, -0.1) is 21.5 Å². The van der Waals surface area contributed by atoms with Gasteiger partial charge in [-0.05, 0) is 42.0 Å². The van der Waals surface area contributed by atoms with Crippen molar-refractivity contribution in [3.63, 3.8) is 0 Å². The molecule has 0 saturated heterocycles. The van der Waals surface area contributed by atoms with E-state index in [2.05, 4.69) is 20.5 Å². The molecule has 3 aromatic heterocycles. The van der Waals surface area contributed by atoms with E-state index in [1.165, 1.54) is 23.1 Å². The van der Waals surface area contributed by atoms with Crippen LogP contribution in [0.2, 0.25) is 10.0 Å². The minimum atomic E-state index is -0.187. The fourth-order valence-electron chi connectivity index (χ4n) is 3.32. The number of furan rings is 1. The van der Waals surface area contributed by atoms with Crippen LogP contribution in [0.5, 0.6) is 0 Å². The Labute approximate surface area is 219 Å². The van der Waals surface area contributed by atoms with Crippen LogP contribution in [0.1, 0.15) is 10.4 Å². The topological polar surface area (TPSA) is 85.8 Å². The van der Waals surface area contributed by atoms with Crippen molar-refractivity contribution < 1.29 is 9.21 Å². The number of rotatable bonds is 8. The van der Waals surface area contributed by atoms with Gasteiger partial charge in [0.25, 0.3) is 0 Å². The number of carbonyl (C=O) groups is 1. The Bertz CT molecular complexity index is 1450. The Morgan fingerprint density at radius 3 is 2.69 bits per heavy atom. The van der Waals surface area contributed by atoms with Crippen molar-refractivity contribution in [2.24, 2.45) is 0 Å². The highest BCUT2D eigenvalue weighted by atomic mass is 35.5. The first-order valence-electron chi connectivity index (χ1n) is 10.4. The number of thiazole rings is 1. The Balaban J connectivity index is 1.25. The molecule has 1 N–H and O–H groups in total. The molecular weight excluding hydrogens is 525 g/mol. The summed E-state index contributed by atoms with van der Waals surface area (Å²) in [6.45, 7) is 0. The van der Waals surface area contributed by atoms with Crippen molar-refractivity contribution in [3.05, 3.63) is 93.6 Å². The molecule has 11 heteroatoms. The largest absolute Gasteiger partial charge is 0.461 e. The van der Waals surface area contributed by atoms with Gasteiger partial charge in [-0.25, -0.2) is 4.98 Å². The van der Waals surface area contributed by atoms with Crippen molar-refractivity contribution in [1.29, 1.82) is 0 Å². The number of anilines is 1. The van der Waals surface area contributed by atoms with Crippen LogP contribution in [-0.4, -0.2) is 31.4 Å². The molecule has 0 spiro atoms. The number of halogens is 2. The molecule has 1 amide bonds. The van der Waals surface area contributed by atoms with Gasteiger partial charge in [-0.1, -0.05) is 59.2 Å². The summed E-state index contributed by atoms with van der Waals surface area (Å²) in [5.74, 6) is 1.11. The summed E-state index contributed by atoms with van der Waals surface area (Å²) in [6, 6.07) is 18.8. The Morgan fingerprint density at radius 1 is 1.06 bits per heavy atom. The van der Waals surface area contributed by atoms with E-state index in [1.54, 1.807) is 24.6 Å². The van der Waals surface area contributed by atoms with E-state index in [-0.39, 0.29) is 11.7 Å². The van der Waals surface area contributed by atoms with Crippen molar-refractivity contribution in [1.82, 2.24) is 19.7 Å². The van der Waals surface area contributed by atoms with Crippen LogP contribution in [0, 0.1) is 0 Å². The van der Waals surface area contributed by atoms with Crippen molar-refractivity contribution >= 4 is 57.3 Å². The van der Waals surface area contributed by atoms with Crippen LogP contribution >= 0.6 is 46.3 Å². The first-order chi connectivity index (χ1) is 17.1. The molecule has 0 saturated carbocycles. The molecule has 2 aromatic carbocycles. The molecule has 0 bridgehead atoms. The second-order valence-corrected chi connectivity index (χ2v) is 10.2. The van der Waals surface area contributed by atoms with E-state index in [0.717, 1.165) is 16.1 Å². The molecule has 0 aliphatic carbocycles. The summed E-state index contributed by atoms with van der Waals surface area (Å²) >= 11 is 14.8. The van der Waals surface area contributed by atoms with Crippen molar-refractivity contribution in [2.45, 2.75) is 11.6 Å². The molecule has 0 aliphatic heterocycles. The van der Waals surface area contributed by atoms with Gasteiger partial charge >= 0.3 is 0 Å². The van der Waals surface area contributed by atoms with E-state index in [1.807, 2.05) is 53.1 Å². The summed E-state index contributed by atoms with van der Waals surface area (Å²) in [4.78, 5) is 18.0. The molecule has 0 aliphatic rings. The molecular formula is C24H17Cl2N5O2S2. The number of hydrogen-bond acceptors (Lipinski definition) is 7. The smallest absolute Gasteiger partial charge is 0.236 e. The lowest BCUT2D eigenvalue weighted by molar-refractivity contribution is -0.113. The average molecular weight is 542 g/mol. The SMILES string of the molecule is O=C(CSc1nnc(-c2ccco2)n1-c1ccccc1)Nc1ncc(Cc2ccc(Cl)c(Cl)c2)s1. The summed E-state index contributed by atoms with van der Waals surface area (Å²) in [5.41, 5.74) is 1.89. The number of thioether (sulfide) groups is 1. The van der Waals surface area contributed by atoms with Crippen LogP contribution < -0.4 is 5.32 Å². The predicted octanol–water partition coefficient (Wildman–Crippen LogP) is 6.61. The van der Waals surface area contributed by atoms with Gasteiger partial charge in [-0.3, -0.25) is 9.36 Å². The van der Waals surface area contributed by atoms with Crippen molar-refractivity contribution in [3.8, 4) is 17.3 Å². The predicted molar refractivity (Wildman–Crippen MR) is 140 cm³/mol. The van der Waals surface area contributed by atoms with E-state index in [9.17, 15) is 4.79 Å². The molecule has 176 valence electrons. The van der Waals surface area contributed by atoms with Gasteiger partial charge in [0, 0.05) is 23.2 Å². The van der Waals surface area contributed by atoms with Gasteiger partial charge in [0.15, 0.2) is 16.0 Å². The van der Waals surface area contributed by atoms with E-state index < -0.39 is 0 Å². The first kappa shape index (κ1) is 23.6. The van der Waals surface area contributed by atoms with Crippen LogP contribution in [0.4, 0.5) is 5.13 Å². The van der Waals surface area contributed by atoms with Crippen LogP contribution in [-0.2, 0) is 11.2 Å². The molecule has 0 fully saturated rings. The zero-order chi connectivity index (χ0) is 24.2. The second-order valence-electron chi connectivity index (χ2n) is 7.35. The summed E-state index contributed by atoms with van der Waals surface area (Å²) in [5, 5.41) is 13.6. The fraction of sp³-hybridized carbons (Fsp3) is 0.0833. The molecule has 0 unspecified atom stereocenters. The lowest BCUT2D eigenvalue weighted by Gasteiger charge is -2.08. The Morgan fingerprint density at radius 2 is 1.91 bits per heavy atom. The normalized spacial score (nSPS) is 11.0. The molecule has 35 heavy (non-hydrogen) atoms. The maximum Gasteiger partial charge on any atom is 0.236 e.